The summed E-state index contributed by atoms with van der Waals surface area (Å²) < 4.78 is 0. The Bertz CT molecular complexity index is 395. The maximum atomic E-state index is 11.9. The number of likely N-dealkylation sites (N-methyl/N-ethyl adjacent to an activating group) is 1. The lowest BCUT2D eigenvalue weighted by Crippen LogP contribution is -2.40. The molecule has 0 radical (unpaired) electrons. The SMILES string of the molecule is CNCC(=O)N1CCC(C)c2ccccc21.Cl. The molecule has 1 aromatic carbocycles. The van der Waals surface area contributed by atoms with Crippen molar-refractivity contribution in [2.75, 3.05) is 25.0 Å². The number of amides is 1. The van der Waals surface area contributed by atoms with Crippen LogP contribution in [0.2, 0.25) is 0 Å². The van der Waals surface area contributed by atoms with Gasteiger partial charge >= 0.3 is 0 Å². The largest absolute Gasteiger partial charge is 0.311 e. The summed E-state index contributed by atoms with van der Waals surface area (Å²) >= 11 is 0. The Balaban J connectivity index is 0.00000144. The van der Waals surface area contributed by atoms with Crippen molar-refractivity contribution in [1.82, 2.24) is 5.32 Å². The molecule has 4 heteroatoms. The first-order valence-electron chi connectivity index (χ1n) is 5.78. The lowest BCUT2D eigenvalue weighted by atomic mass is 9.91. The van der Waals surface area contributed by atoms with Gasteiger partial charge in [0.15, 0.2) is 0 Å². The van der Waals surface area contributed by atoms with Crippen LogP contribution in [0.1, 0.15) is 24.8 Å². The number of para-hydroxylation sites is 1. The molecule has 0 saturated heterocycles. The molecule has 94 valence electrons. The molecule has 1 N–H and O–H groups in total. The van der Waals surface area contributed by atoms with Crippen LogP contribution in [0.4, 0.5) is 5.69 Å². The van der Waals surface area contributed by atoms with E-state index in [-0.39, 0.29) is 18.3 Å². The van der Waals surface area contributed by atoms with Crippen LogP contribution in [0, 0.1) is 0 Å². The molecule has 3 nitrogen and oxygen atoms in total. The number of carbonyl (C=O) groups excluding carboxylic acids is 1. The van der Waals surface area contributed by atoms with E-state index in [2.05, 4.69) is 18.3 Å². The van der Waals surface area contributed by atoms with Crippen LogP contribution in [0.5, 0.6) is 0 Å². The standard InChI is InChI=1S/C13H18N2O.ClH/c1-10-7-8-15(13(16)9-14-2)12-6-4-3-5-11(10)12;/h3-6,10,14H,7-9H2,1-2H3;1H. The second-order valence-corrected chi connectivity index (χ2v) is 4.32. The van der Waals surface area contributed by atoms with Gasteiger partial charge in [-0.05, 0) is 31.0 Å². The van der Waals surface area contributed by atoms with Crippen molar-refractivity contribution in [3.05, 3.63) is 29.8 Å². The van der Waals surface area contributed by atoms with Gasteiger partial charge in [-0.1, -0.05) is 25.1 Å². The molecule has 0 aliphatic carbocycles. The van der Waals surface area contributed by atoms with Crippen molar-refractivity contribution in [2.24, 2.45) is 0 Å². The highest BCUT2D eigenvalue weighted by atomic mass is 35.5. The Morgan fingerprint density at radius 3 is 2.88 bits per heavy atom. The van der Waals surface area contributed by atoms with Crippen LogP contribution in [0.3, 0.4) is 0 Å². The predicted octanol–water partition coefficient (Wildman–Crippen LogP) is 2.17. The van der Waals surface area contributed by atoms with Gasteiger partial charge < -0.3 is 10.2 Å². The second-order valence-electron chi connectivity index (χ2n) is 4.32. The number of nitrogens with one attached hydrogen (secondary N) is 1. The molecule has 1 aromatic rings. The normalized spacial score (nSPS) is 18.2. The van der Waals surface area contributed by atoms with Gasteiger partial charge in [-0.2, -0.15) is 0 Å². The average molecular weight is 255 g/mol. The summed E-state index contributed by atoms with van der Waals surface area (Å²) in [5, 5.41) is 2.92. The fourth-order valence-corrected chi connectivity index (χ4v) is 2.25. The van der Waals surface area contributed by atoms with E-state index in [4.69, 9.17) is 0 Å². The predicted molar refractivity (Wildman–Crippen MR) is 73.0 cm³/mol. The zero-order chi connectivity index (χ0) is 11.5. The molecule has 2 rings (SSSR count). The zero-order valence-corrected chi connectivity index (χ0v) is 11.1. The number of anilines is 1. The molecule has 17 heavy (non-hydrogen) atoms. The summed E-state index contributed by atoms with van der Waals surface area (Å²) in [4.78, 5) is 13.8. The average Bonchev–Trinajstić information content (AvgIpc) is 2.30. The molecule has 0 fully saturated rings. The summed E-state index contributed by atoms with van der Waals surface area (Å²) in [6, 6.07) is 8.20. The first kappa shape index (κ1) is 14.0. The van der Waals surface area contributed by atoms with Crippen molar-refractivity contribution >= 4 is 24.0 Å². The number of fused-ring (bicyclic) bond motifs is 1. The Morgan fingerprint density at radius 1 is 1.47 bits per heavy atom. The first-order valence-corrected chi connectivity index (χ1v) is 5.78. The molecule has 0 saturated carbocycles. The van der Waals surface area contributed by atoms with Crippen molar-refractivity contribution in [3.63, 3.8) is 0 Å². The molecule has 1 aliphatic heterocycles. The highest BCUT2D eigenvalue weighted by Gasteiger charge is 2.25. The van der Waals surface area contributed by atoms with Gasteiger partial charge in [-0.15, -0.1) is 12.4 Å². The highest BCUT2D eigenvalue weighted by molar-refractivity contribution is 5.96. The zero-order valence-electron chi connectivity index (χ0n) is 10.3. The monoisotopic (exact) mass is 254 g/mol. The number of benzene rings is 1. The van der Waals surface area contributed by atoms with Crippen LogP contribution in [-0.2, 0) is 4.79 Å². The van der Waals surface area contributed by atoms with Gasteiger partial charge in [0.25, 0.3) is 0 Å². The molecule has 1 atom stereocenters. The van der Waals surface area contributed by atoms with Gasteiger partial charge in [0.2, 0.25) is 5.91 Å². The third-order valence-electron chi connectivity index (χ3n) is 3.17. The molecule has 0 aromatic heterocycles. The molecular formula is C13H19ClN2O. The number of nitrogens with zero attached hydrogens (tertiary/aromatic N) is 1. The summed E-state index contributed by atoms with van der Waals surface area (Å²) in [7, 11) is 1.80. The van der Waals surface area contributed by atoms with Crippen molar-refractivity contribution in [3.8, 4) is 0 Å². The van der Waals surface area contributed by atoms with Crippen molar-refractivity contribution < 1.29 is 4.79 Å². The molecule has 1 unspecified atom stereocenters. The number of halogens is 1. The second kappa shape index (κ2) is 6.03. The minimum Gasteiger partial charge on any atom is -0.311 e. The topological polar surface area (TPSA) is 32.3 Å². The maximum absolute atomic E-state index is 11.9. The van der Waals surface area contributed by atoms with Gasteiger partial charge in [-0.25, -0.2) is 0 Å². The van der Waals surface area contributed by atoms with E-state index in [9.17, 15) is 4.79 Å². The third-order valence-corrected chi connectivity index (χ3v) is 3.17. The fraction of sp³-hybridized carbons (Fsp3) is 0.462. The van der Waals surface area contributed by atoms with Crippen molar-refractivity contribution in [1.29, 1.82) is 0 Å². The Morgan fingerprint density at radius 2 is 2.18 bits per heavy atom. The van der Waals surface area contributed by atoms with E-state index in [1.54, 1.807) is 7.05 Å². The van der Waals surface area contributed by atoms with E-state index < -0.39 is 0 Å². The van der Waals surface area contributed by atoms with E-state index >= 15 is 0 Å². The maximum Gasteiger partial charge on any atom is 0.240 e. The van der Waals surface area contributed by atoms with Crippen LogP contribution < -0.4 is 10.2 Å². The van der Waals surface area contributed by atoms with Crippen LogP contribution in [0.25, 0.3) is 0 Å². The molecule has 1 amide bonds. The first-order chi connectivity index (χ1) is 7.74. The Labute approximate surface area is 109 Å². The van der Waals surface area contributed by atoms with Crippen LogP contribution >= 0.6 is 12.4 Å². The Hall–Kier alpha value is -1.06. The van der Waals surface area contributed by atoms with Crippen molar-refractivity contribution in [2.45, 2.75) is 19.3 Å². The Kier molecular flexibility index (Phi) is 4.97. The summed E-state index contributed by atoms with van der Waals surface area (Å²) in [6.45, 7) is 3.46. The summed E-state index contributed by atoms with van der Waals surface area (Å²) in [5.41, 5.74) is 2.37. The molecular weight excluding hydrogens is 236 g/mol. The molecule has 0 bridgehead atoms. The summed E-state index contributed by atoms with van der Waals surface area (Å²) in [5.74, 6) is 0.705. The minimum atomic E-state index is 0. The van der Waals surface area contributed by atoms with Crippen LogP contribution in [-0.4, -0.2) is 26.0 Å². The molecule has 0 spiro atoms. The minimum absolute atomic E-state index is 0. The van der Waals surface area contributed by atoms with E-state index in [0.717, 1.165) is 18.7 Å². The number of carbonyl (C=O) groups is 1. The number of rotatable bonds is 2. The molecule has 1 heterocycles. The fourth-order valence-electron chi connectivity index (χ4n) is 2.25. The lowest BCUT2D eigenvalue weighted by molar-refractivity contribution is -0.117. The number of hydrogen-bond donors (Lipinski definition) is 1. The lowest BCUT2D eigenvalue weighted by Gasteiger charge is -2.32. The highest BCUT2D eigenvalue weighted by Crippen LogP contribution is 2.34. The van der Waals surface area contributed by atoms with Gasteiger partial charge in [0.1, 0.15) is 0 Å². The smallest absolute Gasteiger partial charge is 0.240 e. The summed E-state index contributed by atoms with van der Waals surface area (Å²) in [6.07, 6.45) is 1.05. The van der Waals surface area contributed by atoms with E-state index in [1.807, 2.05) is 23.1 Å². The van der Waals surface area contributed by atoms with E-state index in [1.165, 1.54) is 5.56 Å². The molecule has 1 aliphatic rings. The van der Waals surface area contributed by atoms with Crippen LogP contribution in [0.15, 0.2) is 24.3 Å². The quantitative estimate of drug-likeness (QED) is 0.877. The van der Waals surface area contributed by atoms with E-state index in [0.29, 0.717) is 12.5 Å². The van der Waals surface area contributed by atoms with Gasteiger partial charge in [0.05, 0.1) is 6.54 Å². The van der Waals surface area contributed by atoms with Gasteiger partial charge in [0, 0.05) is 12.2 Å². The van der Waals surface area contributed by atoms with Gasteiger partial charge in [-0.3, -0.25) is 4.79 Å². The third kappa shape index (κ3) is 2.79. The number of hydrogen-bond acceptors (Lipinski definition) is 2.